The number of para-hydroxylation sites is 1. The molecule has 0 bridgehead atoms. The molecule has 1 fully saturated rings. The number of aryl methyl sites for hydroxylation is 1. The molecule has 3 aromatic rings. The molecular weight excluding hydrogens is 324 g/mol. The van der Waals surface area contributed by atoms with Crippen molar-refractivity contribution in [2.45, 2.75) is 30.2 Å². The Bertz CT molecular complexity index is 978. The number of aromatic nitrogens is 3. The van der Waals surface area contributed by atoms with Gasteiger partial charge < -0.3 is 0 Å². The maximum absolute atomic E-state index is 13.3. The van der Waals surface area contributed by atoms with Crippen molar-refractivity contribution < 1.29 is 8.42 Å². The number of hydrogen-bond donors (Lipinski definition) is 0. The zero-order valence-corrected chi connectivity index (χ0v) is 14.1. The van der Waals surface area contributed by atoms with Gasteiger partial charge in [0.2, 0.25) is 0 Å². The van der Waals surface area contributed by atoms with E-state index in [9.17, 15) is 8.42 Å². The van der Waals surface area contributed by atoms with Crippen molar-refractivity contribution in [1.29, 1.82) is 0 Å². The molecule has 0 amide bonds. The van der Waals surface area contributed by atoms with E-state index < -0.39 is 10.0 Å². The topological polar surface area (TPSA) is 68.1 Å². The summed E-state index contributed by atoms with van der Waals surface area (Å²) in [5, 5.41) is 7.98. The summed E-state index contributed by atoms with van der Waals surface area (Å²) in [7, 11) is -1.85. The van der Waals surface area contributed by atoms with Crippen LogP contribution in [0.2, 0.25) is 0 Å². The maximum Gasteiger partial charge on any atom is 0.264 e. The van der Waals surface area contributed by atoms with Crippen LogP contribution in [0.1, 0.15) is 19.3 Å². The summed E-state index contributed by atoms with van der Waals surface area (Å²) in [6, 6.07) is 14.3. The zero-order chi connectivity index (χ0) is 16.7. The molecule has 0 aliphatic heterocycles. The Morgan fingerprint density at radius 2 is 1.88 bits per heavy atom. The smallest absolute Gasteiger partial charge is 0.263 e. The molecule has 1 heterocycles. The molecule has 1 aromatic heterocycles. The van der Waals surface area contributed by atoms with Crippen molar-refractivity contribution in [1.82, 2.24) is 15.0 Å². The molecule has 0 radical (unpaired) electrons. The number of rotatable bonds is 4. The Hall–Kier alpha value is -2.41. The molecule has 2 aromatic carbocycles. The van der Waals surface area contributed by atoms with E-state index in [4.69, 9.17) is 0 Å². The summed E-state index contributed by atoms with van der Waals surface area (Å²) in [6.45, 7) is 0. The van der Waals surface area contributed by atoms with Crippen molar-refractivity contribution in [3.05, 3.63) is 48.5 Å². The highest BCUT2D eigenvalue weighted by atomic mass is 32.2. The predicted molar refractivity (Wildman–Crippen MR) is 92.3 cm³/mol. The molecule has 4 rings (SSSR count). The first-order valence-electron chi connectivity index (χ1n) is 7.96. The Balaban J connectivity index is 1.82. The Labute approximate surface area is 140 Å². The van der Waals surface area contributed by atoms with Gasteiger partial charge >= 0.3 is 0 Å². The van der Waals surface area contributed by atoms with E-state index in [1.54, 1.807) is 34.2 Å². The van der Waals surface area contributed by atoms with E-state index in [2.05, 4.69) is 10.3 Å². The average Bonchev–Trinajstić information content (AvgIpc) is 2.92. The average molecular weight is 342 g/mol. The van der Waals surface area contributed by atoms with E-state index in [0.717, 1.165) is 24.8 Å². The van der Waals surface area contributed by atoms with Crippen LogP contribution in [0, 0.1) is 0 Å². The van der Waals surface area contributed by atoms with Crippen LogP contribution in [0.4, 0.5) is 5.69 Å². The lowest BCUT2D eigenvalue weighted by atomic mass is 9.93. The molecule has 24 heavy (non-hydrogen) atoms. The molecular formula is C17H18N4O2S. The predicted octanol–water partition coefficient (Wildman–Crippen LogP) is 2.72. The summed E-state index contributed by atoms with van der Waals surface area (Å²) in [5.74, 6) is 0. The van der Waals surface area contributed by atoms with Crippen molar-refractivity contribution in [3.8, 4) is 0 Å². The molecule has 0 spiro atoms. The fourth-order valence-electron chi connectivity index (χ4n) is 3.04. The quantitative estimate of drug-likeness (QED) is 0.731. The van der Waals surface area contributed by atoms with Gasteiger partial charge in [-0.1, -0.05) is 23.4 Å². The molecule has 7 heteroatoms. The van der Waals surface area contributed by atoms with Crippen LogP contribution in [-0.2, 0) is 17.1 Å². The first kappa shape index (κ1) is 15.1. The molecule has 6 nitrogen and oxygen atoms in total. The van der Waals surface area contributed by atoms with Gasteiger partial charge in [-0.2, -0.15) is 0 Å². The van der Waals surface area contributed by atoms with E-state index in [-0.39, 0.29) is 10.9 Å². The summed E-state index contributed by atoms with van der Waals surface area (Å²) < 4.78 is 29.8. The highest BCUT2D eigenvalue weighted by Gasteiger charge is 2.35. The summed E-state index contributed by atoms with van der Waals surface area (Å²) in [4.78, 5) is 0.256. The van der Waals surface area contributed by atoms with Crippen LogP contribution in [0.5, 0.6) is 0 Å². The lowest BCUT2D eigenvalue weighted by Crippen LogP contribution is -2.44. The standard InChI is InChI=1S/C17H18N4O2S/c1-20-17-11-10-15(12-16(17)18-19-20)24(22,23)21(14-8-5-9-14)13-6-3-2-4-7-13/h2-4,6-7,10-12,14H,5,8-9H2,1H3. The van der Waals surface area contributed by atoms with E-state index in [1.165, 1.54) is 0 Å². The summed E-state index contributed by atoms with van der Waals surface area (Å²) >= 11 is 0. The van der Waals surface area contributed by atoms with Crippen LogP contribution in [0.3, 0.4) is 0 Å². The number of nitrogens with zero attached hydrogens (tertiary/aromatic N) is 4. The van der Waals surface area contributed by atoms with Gasteiger partial charge in [0.15, 0.2) is 0 Å². The van der Waals surface area contributed by atoms with Gasteiger partial charge in [-0.25, -0.2) is 13.1 Å². The number of benzene rings is 2. The normalized spacial score (nSPS) is 15.4. The number of hydrogen-bond acceptors (Lipinski definition) is 4. The largest absolute Gasteiger partial charge is 0.264 e. The minimum atomic E-state index is -3.64. The number of anilines is 1. The van der Waals surface area contributed by atoms with Gasteiger partial charge in [0.1, 0.15) is 5.52 Å². The summed E-state index contributed by atoms with van der Waals surface area (Å²) in [5.41, 5.74) is 2.10. The molecule has 0 N–H and O–H groups in total. The van der Waals surface area contributed by atoms with Crippen LogP contribution < -0.4 is 4.31 Å². The second kappa shape index (κ2) is 5.59. The molecule has 1 aliphatic rings. The van der Waals surface area contributed by atoms with Gasteiger partial charge in [0.25, 0.3) is 10.0 Å². The highest BCUT2D eigenvalue weighted by molar-refractivity contribution is 7.92. The first-order chi connectivity index (χ1) is 11.6. The Morgan fingerprint density at radius 1 is 1.12 bits per heavy atom. The van der Waals surface area contributed by atoms with Crippen molar-refractivity contribution >= 4 is 26.7 Å². The zero-order valence-electron chi connectivity index (χ0n) is 13.3. The van der Waals surface area contributed by atoms with E-state index in [1.807, 2.05) is 30.3 Å². The van der Waals surface area contributed by atoms with E-state index in [0.29, 0.717) is 11.2 Å². The highest BCUT2D eigenvalue weighted by Crippen LogP contribution is 2.34. The lowest BCUT2D eigenvalue weighted by Gasteiger charge is -2.38. The lowest BCUT2D eigenvalue weighted by molar-refractivity contribution is 0.415. The van der Waals surface area contributed by atoms with Crippen LogP contribution in [-0.4, -0.2) is 29.5 Å². The second-order valence-electron chi connectivity index (χ2n) is 6.08. The molecule has 0 atom stereocenters. The van der Waals surface area contributed by atoms with Gasteiger partial charge in [-0.15, -0.1) is 5.10 Å². The molecule has 1 saturated carbocycles. The summed E-state index contributed by atoms with van der Waals surface area (Å²) in [6.07, 6.45) is 2.84. The molecule has 124 valence electrons. The first-order valence-corrected chi connectivity index (χ1v) is 9.40. The fraction of sp³-hybridized carbons (Fsp3) is 0.294. The Morgan fingerprint density at radius 3 is 2.54 bits per heavy atom. The van der Waals surface area contributed by atoms with Crippen LogP contribution in [0.25, 0.3) is 11.0 Å². The second-order valence-corrected chi connectivity index (χ2v) is 7.90. The van der Waals surface area contributed by atoms with Gasteiger partial charge in [-0.3, -0.25) is 4.31 Å². The number of sulfonamides is 1. The minimum Gasteiger partial charge on any atom is -0.263 e. The number of fused-ring (bicyclic) bond motifs is 1. The SMILES string of the molecule is Cn1nnc2cc(S(=O)(=O)N(c3ccccc3)C3CCC3)ccc21. The van der Waals surface area contributed by atoms with Crippen LogP contribution in [0.15, 0.2) is 53.4 Å². The van der Waals surface area contributed by atoms with Gasteiger partial charge in [0.05, 0.1) is 16.1 Å². The molecule has 0 unspecified atom stereocenters. The molecule has 0 saturated heterocycles. The van der Waals surface area contributed by atoms with Crippen molar-refractivity contribution in [2.75, 3.05) is 4.31 Å². The van der Waals surface area contributed by atoms with Crippen LogP contribution >= 0.6 is 0 Å². The fourth-order valence-corrected chi connectivity index (χ4v) is 4.77. The third-order valence-electron chi connectivity index (χ3n) is 4.56. The van der Waals surface area contributed by atoms with Crippen molar-refractivity contribution in [2.24, 2.45) is 7.05 Å². The maximum atomic E-state index is 13.3. The Kier molecular flexibility index (Phi) is 3.53. The van der Waals surface area contributed by atoms with Gasteiger partial charge in [0, 0.05) is 13.1 Å². The minimum absolute atomic E-state index is 0.0231. The third kappa shape index (κ3) is 2.36. The molecule has 1 aliphatic carbocycles. The monoisotopic (exact) mass is 342 g/mol. The van der Waals surface area contributed by atoms with E-state index >= 15 is 0 Å². The third-order valence-corrected chi connectivity index (χ3v) is 6.43. The van der Waals surface area contributed by atoms with Crippen molar-refractivity contribution in [3.63, 3.8) is 0 Å². The van der Waals surface area contributed by atoms with Gasteiger partial charge in [-0.05, 0) is 49.6 Å².